The average molecular weight is 337 g/mol. The van der Waals surface area contributed by atoms with Crippen LogP contribution in [-0.4, -0.2) is 34.2 Å². The summed E-state index contributed by atoms with van der Waals surface area (Å²) in [6.45, 7) is 3.60. The van der Waals surface area contributed by atoms with Crippen LogP contribution in [0, 0.1) is 13.8 Å². The first-order chi connectivity index (χ1) is 10.8. The molecule has 0 aliphatic rings. The largest absolute Gasteiger partial charge is 0.378 e. The van der Waals surface area contributed by atoms with E-state index < -0.39 is 10.0 Å². The Morgan fingerprint density at radius 3 is 2.35 bits per heavy atom. The summed E-state index contributed by atoms with van der Waals surface area (Å²) >= 11 is 0. The zero-order chi connectivity index (χ0) is 17.0. The van der Waals surface area contributed by atoms with Gasteiger partial charge in [-0.1, -0.05) is 17.3 Å². The molecule has 0 aliphatic carbocycles. The Morgan fingerprint density at radius 2 is 1.83 bits per heavy atom. The van der Waals surface area contributed by atoms with Crippen molar-refractivity contribution in [2.45, 2.75) is 31.6 Å². The second-order valence-corrected chi connectivity index (χ2v) is 7.42. The summed E-state index contributed by atoms with van der Waals surface area (Å²) < 4.78 is 32.0. The first-order valence-corrected chi connectivity index (χ1v) is 8.98. The molecule has 0 unspecified atom stereocenters. The number of benzene rings is 1. The lowest BCUT2D eigenvalue weighted by Gasteiger charge is -2.12. The van der Waals surface area contributed by atoms with Crippen LogP contribution in [0.25, 0.3) is 0 Å². The lowest BCUT2D eigenvalue weighted by molar-refractivity contribution is 0.390. The van der Waals surface area contributed by atoms with Crippen LogP contribution in [0.1, 0.15) is 23.4 Å². The monoisotopic (exact) mass is 337 g/mol. The van der Waals surface area contributed by atoms with E-state index in [0.717, 1.165) is 18.5 Å². The van der Waals surface area contributed by atoms with Gasteiger partial charge in [0.15, 0.2) is 5.76 Å². The molecular weight excluding hydrogens is 314 g/mol. The van der Waals surface area contributed by atoms with Gasteiger partial charge in [-0.3, -0.25) is 0 Å². The van der Waals surface area contributed by atoms with E-state index in [1.54, 1.807) is 13.8 Å². The lowest BCUT2D eigenvalue weighted by Crippen LogP contribution is -2.26. The highest BCUT2D eigenvalue weighted by molar-refractivity contribution is 7.89. The minimum absolute atomic E-state index is 0.146. The van der Waals surface area contributed by atoms with Crippen LogP contribution >= 0.6 is 0 Å². The summed E-state index contributed by atoms with van der Waals surface area (Å²) in [5, 5.41) is 3.68. The SMILES string of the molecule is Cc1noc(C)c1S(=O)(=O)NCCCc1ccc(N(C)C)cc1. The number of sulfonamides is 1. The molecule has 7 heteroatoms. The van der Waals surface area contributed by atoms with Crippen LogP contribution in [0.15, 0.2) is 33.7 Å². The van der Waals surface area contributed by atoms with Crippen LogP contribution in [0.2, 0.25) is 0 Å². The maximum atomic E-state index is 12.2. The topological polar surface area (TPSA) is 75.4 Å². The molecule has 0 radical (unpaired) electrons. The Bertz CT molecular complexity index is 730. The minimum atomic E-state index is -3.56. The zero-order valence-electron chi connectivity index (χ0n) is 14.0. The summed E-state index contributed by atoms with van der Waals surface area (Å²) in [5.74, 6) is 0.314. The number of aryl methyl sites for hydroxylation is 3. The average Bonchev–Trinajstić information content (AvgIpc) is 2.84. The van der Waals surface area contributed by atoms with Crippen LogP contribution in [-0.2, 0) is 16.4 Å². The van der Waals surface area contributed by atoms with Crippen molar-refractivity contribution < 1.29 is 12.9 Å². The molecule has 6 nitrogen and oxygen atoms in total. The number of anilines is 1. The van der Waals surface area contributed by atoms with Crippen LogP contribution in [0.5, 0.6) is 0 Å². The molecule has 0 bridgehead atoms. The highest BCUT2D eigenvalue weighted by Crippen LogP contribution is 2.18. The Kier molecular flexibility index (Phi) is 5.43. The molecule has 1 N–H and O–H groups in total. The summed E-state index contributed by atoms with van der Waals surface area (Å²) in [6, 6.07) is 8.25. The molecule has 0 saturated heterocycles. The molecule has 2 rings (SSSR count). The molecule has 1 aromatic carbocycles. The highest BCUT2D eigenvalue weighted by Gasteiger charge is 2.23. The number of aromatic nitrogens is 1. The summed E-state index contributed by atoms with van der Waals surface area (Å²) in [7, 11) is 0.433. The number of rotatable bonds is 7. The van der Waals surface area contributed by atoms with Gasteiger partial charge < -0.3 is 9.42 Å². The predicted molar refractivity (Wildman–Crippen MR) is 90.3 cm³/mol. The van der Waals surface area contributed by atoms with Gasteiger partial charge >= 0.3 is 0 Å². The van der Waals surface area contributed by atoms with Crippen molar-refractivity contribution in [1.29, 1.82) is 0 Å². The van der Waals surface area contributed by atoms with Crippen LogP contribution < -0.4 is 9.62 Å². The molecule has 0 fully saturated rings. The Labute approximate surface area is 137 Å². The molecule has 0 amide bonds. The molecule has 0 aliphatic heterocycles. The van der Waals surface area contributed by atoms with E-state index in [9.17, 15) is 8.42 Å². The molecule has 2 aromatic rings. The summed E-state index contributed by atoms with van der Waals surface area (Å²) in [4.78, 5) is 2.19. The first-order valence-electron chi connectivity index (χ1n) is 7.50. The number of hydrogen-bond acceptors (Lipinski definition) is 5. The lowest BCUT2D eigenvalue weighted by atomic mass is 10.1. The van der Waals surface area contributed by atoms with Crippen molar-refractivity contribution in [1.82, 2.24) is 9.88 Å². The van der Waals surface area contributed by atoms with Crippen molar-refractivity contribution in [3.8, 4) is 0 Å². The van der Waals surface area contributed by atoms with Crippen molar-refractivity contribution in [2.75, 3.05) is 25.5 Å². The second kappa shape index (κ2) is 7.14. The van der Waals surface area contributed by atoms with Gasteiger partial charge in [-0.05, 0) is 44.4 Å². The number of nitrogens with zero attached hydrogens (tertiary/aromatic N) is 2. The molecule has 0 saturated carbocycles. The van der Waals surface area contributed by atoms with E-state index >= 15 is 0 Å². The van der Waals surface area contributed by atoms with Crippen molar-refractivity contribution in [2.24, 2.45) is 0 Å². The smallest absolute Gasteiger partial charge is 0.245 e. The van der Waals surface area contributed by atoms with Crippen LogP contribution in [0.4, 0.5) is 5.69 Å². The third-order valence-electron chi connectivity index (χ3n) is 3.62. The third kappa shape index (κ3) is 4.33. The normalized spacial score (nSPS) is 11.7. The fourth-order valence-electron chi connectivity index (χ4n) is 2.39. The maximum absolute atomic E-state index is 12.2. The van der Waals surface area contributed by atoms with Crippen LogP contribution in [0.3, 0.4) is 0 Å². The Morgan fingerprint density at radius 1 is 1.17 bits per heavy atom. The molecule has 1 aromatic heterocycles. The van der Waals surface area contributed by atoms with Gasteiger partial charge in [0.25, 0.3) is 0 Å². The molecule has 1 heterocycles. The van der Waals surface area contributed by atoms with E-state index in [4.69, 9.17) is 4.52 Å². The standard InChI is InChI=1S/C16H23N3O3S/c1-12-16(13(2)22-18-12)23(20,21)17-11-5-6-14-7-9-15(10-8-14)19(3)4/h7-10,17H,5-6,11H2,1-4H3. The Balaban J connectivity index is 1.88. The van der Waals surface area contributed by atoms with Gasteiger partial charge in [0.1, 0.15) is 10.6 Å². The fraction of sp³-hybridized carbons (Fsp3) is 0.438. The predicted octanol–water partition coefficient (Wildman–Crippen LogP) is 2.27. The first kappa shape index (κ1) is 17.5. The molecule has 23 heavy (non-hydrogen) atoms. The molecular formula is C16H23N3O3S. The van der Waals surface area contributed by atoms with Crippen molar-refractivity contribution in [3.63, 3.8) is 0 Å². The zero-order valence-corrected chi connectivity index (χ0v) is 14.8. The second-order valence-electron chi connectivity index (χ2n) is 5.72. The third-order valence-corrected chi connectivity index (χ3v) is 5.33. The quantitative estimate of drug-likeness (QED) is 0.785. The minimum Gasteiger partial charge on any atom is -0.378 e. The van der Waals surface area contributed by atoms with E-state index in [2.05, 4.69) is 34.1 Å². The number of nitrogens with one attached hydrogen (secondary N) is 1. The number of hydrogen-bond donors (Lipinski definition) is 1. The Hall–Kier alpha value is -1.86. The van der Waals surface area contributed by atoms with Crippen molar-refractivity contribution >= 4 is 15.7 Å². The van der Waals surface area contributed by atoms with E-state index in [-0.39, 0.29) is 4.90 Å². The molecule has 126 valence electrons. The molecule has 0 spiro atoms. The summed E-state index contributed by atoms with van der Waals surface area (Å²) in [6.07, 6.45) is 1.54. The van der Waals surface area contributed by atoms with Gasteiger partial charge in [0.2, 0.25) is 10.0 Å². The van der Waals surface area contributed by atoms with E-state index in [0.29, 0.717) is 18.0 Å². The maximum Gasteiger partial charge on any atom is 0.245 e. The van der Waals surface area contributed by atoms with Gasteiger partial charge in [-0.25, -0.2) is 13.1 Å². The summed E-state index contributed by atoms with van der Waals surface area (Å²) in [5.41, 5.74) is 2.72. The molecule has 0 atom stereocenters. The van der Waals surface area contributed by atoms with Gasteiger partial charge in [-0.15, -0.1) is 0 Å². The van der Waals surface area contributed by atoms with E-state index in [1.165, 1.54) is 5.56 Å². The van der Waals surface area contributed by atoms with Gasteiger partial charge in [-0.2, -0.15) is 0 Å². The van der Waals surface area contributed by atoms with E-state index in [1.807, 2.05) is 19.0 Å². The van der Waals surface area contributed by atoms with Gasteiger partial charge in [0, 0.05) is 26.3 Å². The fourth-order valence-corrected chi connectivity index (χ4v) is 3.79. The van der Waals surface area contributed by atoms with Gasteiger partial charge in [0.05, 0.1) is 0 Å². The highest BCUT2D eigenvalue weighted by atomic mass is 32.2. The van der Waals surface area contributed by atoms with Crippen molar-refractivity contribution in [3.05, 3.63) is 41.3 Å².